The molecule has 6 nitrogen and oxygen atoms in total. The topological polar surface area (TPSA) is 79.8 Å². The second-order valence-electron chi connectivity index (χ2n) is 4.66. The standard InChI is InChI=1S/C14H14F3N5O/c1-9-6-21-11(8-20-9)13(23)19-5-4-18-12-3-2-10(7-22-12)14(15,16)17/h2-3,6-8H,4-5H2,1H3,(H,18,22)(H,19,23). The summed E-state index contributed by atoms with van der Waals surface area (Å²) in [6.45, 7) is 2.33. The van der Waals surface area contributed by atoms with E-state index in [1.807, 2.05) is 0 Å². The molecule has 0 aliphatic heterocycles. The van der Waals surface area contributed by atoms with Crippen molar-refractivity contribution < 1.29 is 18.0 Å². The van der Waals surface area contributed by atoms with E-state index in [9.17, 15) is 18.0 Å². The first-order valence-electron chi connectivity index (χ1n) is 6.70. The van der Waals surface area contributed by atoms with E-state index in [1.54, 1.807) is 6.92 Å². The Morgan fingerprint density at radius 2 is 1.87 bits per heavy atom. The molecule has 0 aliphatic carbocycles. The summed E-state index contributed by atoms with van der Waals surface area (Å²) in [5.41, 5.74) is 0.0918. The Kier molecular flexibility index (Phi) is 5.09. The fourth-order valence-corrected chi connectivity index (χ4v) is 1.63. The molecule has 23 heavy (non-hydrogen) atoms. The molecule has 2 aromatic heterocycles. The maximum atomic E-state index is 12.4. The summed E-state index contributed by atoms with van der Waals surface area (Å²) in [5, 5.41) is 5.42. The van der Waals surface area contributed by atoms with Gasteiger partial charge in [0.2, 0.25) is 0 Å². The highest BCUT2D eigenvalue weighted by Crippen LogP contribution is 2.28. The Bertz CT molecular complexity index is 656. The minimum absolute atomic E-state index is 0.197. The number of aryl methyl sites for hydroxylation is 1. The smallest absolute Gasteiger partial charge is 0.368 e. The van der Waals surface area contributed by atoms with Gasteiger partial charge < -0.3 is 10.6 Å². The quantitative estimate of drug-likeness (QED) is 0.823. The number of carbonyl (C=O) groups is 1. The molecule has 1 amide bonds. The number of anilines is 1. The highest BCUT2D eigenvalue weighted by molar-refractivity contribution is 5.91. The zero-order valence-corrected chi connectivity index (χ0v) is 12.2. The van der Waals surface area contributed by atoms with Gasteiger partial charge in [-0.15, -0.1) is 0 Å². The Labute approximate surface area is 130 Å². The summed E-state index contributed by atoms with van der Waals surface area (Å²) >= 11 is 0. The van der Waals surface area contributed by atoms with Crippen molar-refractivity contribution in [2.75, 3.05) is 18.4 Å². The fraction of sp³-hybridized carbons (Fsp3) is 0.286. The minimum atomic E-state index is -4.41. The van der Waals surface area contributed by atoms with Crippen molar-refractivity contribution in [2.24, 2.45) is 0 Å². The lowest BCUT2D eigenvalue weighted by atomic mass is 10.3. The second-order valence-corrected chi connectivity index (χ2v) is 4.66. The van der Waals surface area contributed by atoms with Crippen LogP contribution in [0.4, 0.5) is 19.0 Å². The van der Waals surface area contributed by atoms with E-state index in [4.69, 9.17) is 0 Å². The molecular formula is C14H14F3N5O. The molecule has 0 fully saturated rings. The number of nitrogens with zero attached hydrogens (tertiary/aromatic N) is 3. The number of aromatic nitrogens is 3. The predicted molar refractivity (Wildman–Crippen MR) is 76.8 cm³/mol. The van der Waals surface area contributed by atoms with Gasteiger partial charge in [-0.05, 0) is 19.1 Å². The molecule has 2 rings (SSSR count). The van der Waals surface area contributed by atoms with Gasteiger partial charge in [-0.2, -0.15) is 13.2 Å². The van der Waals surface area contributed by atoms with Crippen LogP contribution in [-0.2, 0) is 6.18 Å². The number of rotatable bonds is 5. The molecule has 0 bridgehead atoms. The van der Waals surface area contributed by atoms with E-state index in [2.05, 4.69) is 25.6 Å². The van der Waals surface area contributed by atoms with Gasteiger partial charge in [-0.1, -0.05) is 0 Å². The van der Waals surface area contributed by atoms with E-state index in [0.29, 0.717) is 18.1 Å². The molecular weight excluding hydrogens is 311 g/mol. The van der Waals surface area contributed by atoms with Crippen molar-refractivity contribution in [3.05, 3.63) is 47.7 Å². The third-order valence-electron chi connectivity index (χ3n) is 2.82. The summed E-state index contributed by atoms with van der Waals surface area (Å²) in [4.78, 5) is 23.3. The van der Waals surface area contributed by atoms with E-state index in [0.717, 1.165) is 12.3 Å². The zero-order chi connectivity index (χ0) is 16.9. The van der Waals surface area contributed by atoms with Crippen LogP contribution in [0, 0.1) is 6.92 Å². The number of halogens is 3. The number of hydrogen-bond acceptors (Lipinski definition) is 5. The molecule has 2 N–H and O–H groups in total. The molecule has 2 heterocycles. The molecule has 0 unspecified atom stereocenters. The first-order valence-corrected chi connectivity index (χ1v) is 6.70. The van der Waals surface area contributed by atoms with Crippen LogP contribution in [0.3, 0.4) is 0 Å². The Morgan fingerprint density at radius 3 is 2.43 bits per heavy atom. The van der Waals surface area contributed by atoms with Gasteiger partial charge in [-0.25, -0.2) is 9.97 Å². The van der Waals surface area contributed by atoms with E-state index in [1.165, 1.54) is 18.5 Å². The van der Waals surface area contributed by atoms with E-state index in [-0.39, 0.29) is 18.1 Å². The second kappa shape index (κ2) is 7.03. The molecule has 9 heteroatoms. The molecule has 0 atom stereocenters. The first kappa shape index (κ1) is 16.7. The summed E-state index contributed by atoms with van der Waals surface area (Å²) in [6, 6.07) is 2.17. The summed E-state index contributed by atoms with van der Waals surface area (Å²) < 4.78 is 37.1. The molecule has 2 aromatic rings. The summed E-state index contributed by atoms with van der Waals surface area (Å²) in [5.74, 6) is -0.0814. The number of hydrogen-bond donors (Lipinski definition) is 2. The van der Waals surface area contributed by atoms with Crippen LogP contribution in [0.25, 0.3) is 0 Å². The van der Waals surface area contributed by atoms with Crippen LogP contribution in [0.2, 0.25) is 0 Å². The largest absolute Gasteiger partial charge is 0.417 e. The molecule has 0 aliphatic rings. The van der Waals surface area contributed by atoms with Gasteiger partial charge in [0.25, 0.3) is 5.91 Å². The van der Waals surface area contributed by atoms with Crippen LogP contribution in [-0.4, -0.2) is 33.9 Å². The third kappa shape index (κ3) is 4.90. The van der Waals surface area contributed by atoms with Crippen molar-refractivity contribution in [3.63, 3.8) is 0 Å². The highest BCUT2D eigenvalue weighted by Gasteiger charge is 2.30. The van der Waals surface area contributed by atoms with Crippen molar-refractivity contribution in [3.8, 4) is 0 Å². The lowest BCUT2D eigenvalue weighted by molar-refractivity contribution is -0.137. The van der Waals surface area contributed by atoms with Gasteiger partial charge in [0.1, 0.15) is 11.5 Å². The molecule has 0 saturated carbocycles. The SMILES string of the molecule is Cc1cnc(C(=O)NCCNc2ccc(C(F)(F)F)cn2)cn1. The van der Waals surface area contributed by atoms with Crippen LogP contribution >= 0.6 is 0 Å². The number of carbonyl (C=O) groups excluding carboxylic acids is 1. The van der Waals surface area contributed by atoms with Gasteiger partial charge in [0, 0.05) is 25.5 Å². The lowest BCUT2D eigenvalue weighted by Gasteiger charge is -2.09. The number of pyridine rings is 1. The maximum absolute atomic E-state index is 12.4. The normalized spacial score (nSPS) is 11.1. The molecule has 0 spiro atoms. The van der Waals surface area contributed by atoms with Crippen LogP contribution < -0.4 is 10.6 Å². The van der Waals surface area contributed by atoms with Crippen LogP contribution in [0.1, 0.15) is 21.7 Å². The predicted octanol–water partition coefficient (Wildman–Crippen LogP) is 2.04. The number of nitrogens with one attached hydrogen (secondary N) is 2. The highest BCUT2D eigenvalue weighted by atomic mass is 19.4. The summed E-state index contributed by atoms with van der Waals surface area (Å²) in [6.07, 6.45) is -0.799. The average molecular weight is 325 g/mol. The molecule has 0 aromatic carbocycles. The van der Waals surface area contributed by atoms with Crippen molar-refractivity contribution in [1.29, 1.82) is 0 Å². The molecule has 0 saturated heterocycles. The molecule has 0 radical (unpaired) electrons. The minimum Gasteiger partial charge on any atom is -0.368 e. The lowest BCUT2D eigenvalue weighted by Crippen LogP contribution is -2.29. The van der Waals surface area contributed by atoms with Crippen LogP contribution in [0.15, 0.2) is 30.7 Å². The fourth-order valence-electron chi connectivity index (χ4n) is 1.63. The maximum Gasteiger partial charge on any atom is 0.417 e. The third-order valence-corrected chi connectivity index (χ3v) is 2.82. The Morgan fingerprint density at radius 1 is 1.09 bits per heavy atom. The zero-order valence-electron chi connectivity index (χ0n) is 12.2. The van der Waals surface area contributed by atoms with E-state index < -0.39 is 11.7 Å². The Hall–Kier alpha value is -2.71. The van der Waals surface area contributed by atoms with E-state index >= 15 is 0 Å². The van der Waals surface area contributed by atoms with Crippen LogP contribution in [0.5, 0.6) is 0 Å². The molecule has 122 valence electrons. The van der Waals surface area contributed by atoms with Gasteiger partial charge in [-0.3, -0.25) is 9.78 Å². The Balaban J connectivity index is 1.77. The van der Waals surface area contributed by atoms with Crippen molar-refractivity contribution in [2.45, 2.75) is 13.1 Å². The number of alkyl halides is 3. The van der Waals surface area contributed by atoms with Crippen molar-refractivity contribution >= 4 is 11.7 Å². The van der Waals surface area contributed by atoms with Crippen molar-refractivity contribution in [1.82, 2.24) is 20.3 Å². The number of amides is 1. The summed E-state index contributed by atoms with van der Waals surface area (Å²) in [7, 11) is 0. The van der Waals surface area contributed by atoms with Gasteiger partial charge in [0.05, 0.1) is 17.5 Å². The monoisotopic (exact) mass is 325 g/mol. The average Bonchev–Trinajstić information content (AvgIpc) is 2.51. The van der Waals surface area contributed by atoms with Gasteiger partial charge in [0.15, 0.2) is 0 Å². The first-order chi connectivity index (χ1) is 10.9. The van der Waals surface area contributed by atoms with Gasteiger partial charge >= 0.3 is 6.18 Å².